The van der Waals surface area contributed by atoms with E-state index in [4.69, 9.17) is 18.0 Å². The standard InChI is InChI=1S/C15H26N2OS/c16-14(19)11-15(18)17(12-7-3-1-4-8-12)13-9-5-2-6-10-13/h12-13H,1-11H2,(H2,16,19). The second-order valence-electron chi connectivity index (χ2n) is 6.03. The Morgan fingerprint density at radius 3 is 1.74 bits per heavy atom. The van der Waals surface area contributed by atoms with Crippen molar-refractivity contribution in [3.8, 4) is 0 Å². The minimum absolute atomic E-state index is 0.172. The molecular formula is C15H26N2OS. The fourth-order valence-electron chi connectivity index (χ4n) is 3.66. The number of rotatable bonds is 4. The Kier molecular flexibility index (Phi) is 5.61. The Balaban J connectivity index is 2.06. The molecule has 108 valence electrons. The van der Waals surface area contributed by atoms with Crippen molar-refractivity contribution in [2.24, 2.45) is 5.73 Å². The summed E-state index contributed by atoms with van der Waals surface area (Å²) >= 11 is 4.92. The topological polar surface area (TPSA) is 46.3 Å². The molecule has 0 spiro atoms. The van der Waals surface area contributed by atoms with E-state index in [1.807, 2.05) is 0 Å². The number of thiocarbonyl (C=S) groups is 1. The normalized spacial score (nSPS) is 22.1. The lowest BCUT2D eigenvalue weighted by Crippen LogP contribution is -2.49. The third-order valence-electron chi connectivity index (χ3n) is 4.55. The Bertz CT molecular complexity index is 302. The number of hydrogen-bond acceptors (Lipinski definition) is 2. The summed E-state index contributed by atoms with van der Waals surface area (Å²) in [4.78, 5) is 15.0. The third kappa shape index (κ3) is 4.16. The van der Waals surface area contributed by atoms with E-state index in [2.05, 4.69) is 4.90 Å². The molecule has 2 N–H and O–H groups in total. The summed E-state index contributed by atoms with van der Waals surface area (Å²) in [6, 6.07) is 0.886. The molecular weight excluding hydrogens is 256 g/mol. The Hall–Kier alpha value is -0.640. The lowest BCUT2D eigenvalue weighted by atomic mass is 9.88. The van der Waals surface area contributed by atoms with Crippen LogP contribution in [0.3, 0.4) is 0 Å². The molecule has 0 bridgehead atoms. The predicted octanol–water partition coefficient (Wildman–Crippen LogP) is 3.16. The zero-order chi connectivity index (χ0) is 13.7. The zero-order valence-electron chi connectivity index (χ0n) is 11.8. The molecule has 2 aliphatic carbocycles. The van der Waals surface area contributed by atoms with Gasteiger partial charge in [-0.1, -0.05) is 50.7 Å². The lowest BCUT2D eigenvalue weighted by molar-refractivity contribution is -0.136. The number of carbonyl (C=O) groups excluding carboxylic acids is 1. The van der Waals surface area contributed by atoms with Gasteiger partial charge in [-0.3, -0.25) is 4.79 Å². The second-order valence-corrected chi connectivity index (χ2v) is 6.55. The number of amides is 1. The molecule has 0 unspecified atom stereocenters. The highest BCUT2D eigenvalue weighted by atomic mass is 32.1. The van der Waals surface area contributed by atoms with Crippen molar-refractivity contribution in [2.75, 3.05) is 0 Å². The lowest BCUT2D eigenvalue weighted by Gasteiger charge is -2.41. The van der Waals surface area contributed by atoms with Crippen molar-refractivity contribution in [2.45, 2.75) is 82.7 Å². The molecule has 0 aromatic heterocycles. The van der Waals surface area contributed by atoms with Crippen LogP contribution in [0, 0.1) is 0 Å². The van der Waals surface area contributed by atoms with Crippen molar-refractivity contribution in [1.29, 1.82) is 0 Å². The predicted molar refractivity (Wildman–Crippen MR) is 82.0 cm³/mol. The summed E-state index contributed by atoms with van der Waals surface area (Å²) in [6.07, 6.45) is 12.6. The number of nitrogens with two attached hydrogens (primary N) is 1. The van der Waals surface area contributed by atoms with Crippen LogP contribution >= 0.6 is 12.2 Å². The van der Waals surface area contributed by atoms with Crippen LogP contribution in [-0.4, -0.2) is 27.9 Å². The Morgan fingerprint density at radius 2 is 1.37 bits per heavy atom. The van der Waals surface area contributed by atoms with Crippen molar-refractivity contribution >= 4 is 23.1 Å². The smallest absolute Gasteiger partial charge is 0.229 e. The van der Waals surface area contributed by atoms with Gasteiger partial charge in [-0.05, 0) is 25.7 Å². The van der Waals surface area contributed by atoms with Gasteiger partial charge in [-0.25, -0.2) is 0 Å². The Morgan fingerprint density at radius 1 is 0.947 bits per heavy atom. The largest absolute Gasteiger partial charge is 0.393 e. The number of hydrogen-bond donors (Lipinski definition) is 1. The van der Waals surface area contributed by atoms with Gasteiger partial charge in [0.2, 0.25) is 5.91 Å². The summed E-state index contributed by atoms with van der Waals surface area (Å²) in [5, 5.41) is 0. The third-order valence-corrected chi connectivity index (χ3v) is 4.69. The highest BCUT2D eigenvalue weighted by Crippen LogP contribution is 2.30. The van der Waals surface area contributed by atoms with Gasteiger partial charge in [-0.2, -0.15) is 0 Å². The van der Waals surface area contributed by atoms with E-state index < -0.39 is 0 Å². The molecule has 2 fully saturated rings. The first-order chi connectivity index (χ1) is 9.18. The molecule has 2 aliphatic rings. The molecule has 2 rings (SSSR count). The molecule has 1 amide bonds. The zero-order valence-corrected chi connectivity index (χ0v) is 12.6. The molecule has 2 saturated carbocycles. The van der Waals surface area contributed by atoms with Crippen molar-refractivity contribution in [1.82, 2.24) is 4.90 Å². The first-order valence-electron chi connectivity index (χ1n) is 7.78. The van der Waals surface area contributed by atoms with Gasteiger partial charge in [0.25, 0.3) is 0 Å². The van der Waals surface area contributed by atoms with Crippen LogP contribution in [0.1, 0.15) is 70.6 Å². The number of nitrogens with zero attached hydrogens (tertiary/aromatic N) is 1. The maximum Gasteiger partial charge on any atom is 0.229 e. The molecule has 0 radical (unpaired) electrons. The van der Waals surface area contributed by atoms with Crippen LogP contribution in [0.4, 0.5) is 0 Å². The summed E-state index contributed by atoms with van der Waals surface area (Å²) in [6.45, 7) is 0. The fourth-order valence-corrected chi connectivity index (χ4v) is 3.79. The molecule has 0 aromatic rings. The van der Waals surface area contributed by atoms with E-state index >= 15 is 0 Å². The van der Waals surface area contributed by atoms with Crippen LogP contribution in [0.2, 0.25) is 0 Å². The van der Waals surface area contributed by atoms with Crippen molar-refractivity contribution in [3.05, 3.63) is 0 Å². The van der Waals surface area contributed by atoms with E-state index in [0.29, 0.717) is 17.1 Å². The maximum atomic E-state index is 12.5. The summed E-state index contributed by atoms with van der Waals surface area (Å²) < 4.78 is 0. The number of carbonyl (C=O) groups is 1. The maximum absolute atomic E-state index is 12.5. The molecule has 0 aromatic carbocycles. The molecule has 0 aliphatic heterocycles. The van der Waals surface area contributed by atoms with Crippen LogP contribution in [0.15, 0.2) is 0 Å². The van der Waals surface area contributed by atoms with Gasteiger partial charge in [0, 0.05) is 12.1 Å². The van der Waals surface area contributed by atoms with E-state index in [-0.39, 0.29) is 12.3 Å². The van der Waals surface area contributed by atoms with Crippen LogP contribution < -0.4 is 5.73 Å². The summed E-state index contributed by atoms with van der Waals surface area (Å²) in [5.74, 6) is 0.172. The quantitative estimate of drug-likeness (QED) is 0.806. The van der Waals surface area contributed by atoms with Crippen LogP contribution in [0.5, 0.6) is 0 Å². The minimum atomic E-state index is 0.172. The monoisotopic (exact) mass is 282 g/mol. The van der Waals surface area contributed by atoms with Gasteiger partial charge in [0.05, 0.1) is 11.4 Å². The van der Waals surface area contributed by atoms with Gasteiger partial charge in [-0.15, -0.1) is 0 Å². The minimum Gasteiger partial charge on any atom is -0.393 e. The SMILES string of the molecule is NC(=S)CC(=O)N(C1CCCCC1)C1CCCCC1. The molecule has 0 saturated heterocycles. The first-order valence-corrected chi connectivity index (χ1v) is 8.19. The second kappa shape index (κ2) is 7.22. The fraction of sp³-hybridized carbons (Fsp3) is 0.867. The van der Waals surface area contributed by atoms with Gasteiger partial charge < -0.3 is 10.6 Å². The molecule has 0 atom stereocenters. The van der Waals surface area contributed by atoms with E-state index in [1.165, 1.54) is 64.2 Å². The van der Waals surface area contributed by atoms with Crippen LogP contribution in [-0.2, 0) is 4.79 Å². The van der Waals surface area contributed by atoms with Gasteiger partial charge >= 0.3 is 0 Å². The van der Waals surface area contributed by atoms with E-state index in [1.54, 1.807) is 0 Å². The first kappa shape index (κ1) is 14.8. The molecule has 19 heavy (non-hydrogen) atoms. The van der Waals surface area contributed by atoms with Gasteiger partial charge in [0.1, 0.15) is 0 Å². The Labute approximate surface area is 121 Å². The van der Waals surface area contributed by atoms with Crippen molar-refractivity contribution < 1.29 is 4.79 Å². The summed E-state index contributed by atoms with van der Waals surface area (Å²) in [5.41, 5.74) is 5.57. The van der Waals surface area contributed by atoms with E-state index in [0.717, 1.165) is 0 Å². The molecule has 0 heterocycles. The van der Waals surface area contributed by atoms with E-state index in [9.17, 15) is 4.79 Å². The molecule has 4 heteroatoms. The highest BCUT2D eigenvalue weighted by molar-refractivity contribution is 7.80. The van der Waals surface area contributed by atoms with Gasteiger partial charge in [0.15, 0.2) is 0 Å². The average molecular weight is 282 g/mol. The van der Waals surface area contributed by atoms with Crippen LogP contribution in [0.25, 0.3) is 0 Å². The summed E-state index contributed by atoms with van der Waals surface area (Å²) in [7, 11) is 0. The average Bonchev–Trinajstić information content (AvgIpc) is 2.40. The highest BCUT2D eigenvalue weighted by Gasteiger charge is 2.32. The molecule has 3 nitrogen and oxygen atoms in total. The van der Waals surface area contributed by atoms with Crippen molar-refractivity contribution in [3.63, 3.8) is 0 Å².